The van der Waals surface area contributed by atoms with Gasteiger partial charge in [-0.25, -0.2) is 0 Å². The van der Waals surface area contributed by atoms with Gasteiger partial charge in [0.1, 0.15) is 0 Å². The van der Waals surface area contributed by atoms with Gasteiger partial charge in [-0.15, -0.1) is 0 Å². The van der Waals surface area contributed by atoms with E-state index in [2.05, 4.69) is 24.1 Å². The van der Waals surface area contributed by atoms with E-state index in [4.69, 9.17) is 4.42 Å². The molecule has 0 atom stereocenters. The van der Waals surface area contributed by atoms with Gasteiger partial charge in [-0.05, 0) is 25.2 Å². The molecule has 0 aliphatic carbocycles. The van der Waals surface area contributed by atoms with Crippen molar-refractivity contribution in [3.8, 4) is 0 Å². The molecule has 15 heavy (non-hydrogen) atoms. The molecule has 1 amide bonds. The molecule has 1 aromatic heterocycles. The van der Waals surface area contributed by atoms with Crippen LogP contribution in [0.5, 0.6) is 0 Å². The van der Waals surface area contributed by atoms with E-state index in [1.165, 1.54) is 6.26 Å². The summed E-state index contributed by atoms with van der Waals surface area (Å²) in [5, 5.41) is 2.81. The number of furan rings is 1. The van der Waals surface area contributed by atoms with Crippen molar-refractivity contribution in [2.45, 2.75) is 13.8 Å². The van der Waals surface area contributed by atoms with Crippen molar-refractivity contribution in [1.82, 2.24) is 10.2 Å². The Balaban J connectivity index is 2.23. The van der Waals surface area contributed by atoms with Crippen LogP contribution in [0.15, 0.2) is 22.8 Å². The topological polar surface area (TPSA) is 45.5 Å². The first-order chi connectivity index (χ1) is 7.27. The van der Waals surface area contributed by atoms with Crippen LogP contribution in [0.4, 0.5) is 0 Å². The Morgan fingerprint density at radius 2 is 2.20 bits per heavy atom. The van der Waals surface area contributed by atoms with E-state index < -0.39 is 0 Å². The first-order valence-electron chi connectivity index (χ1n) is 5.32. The first kappa shape index (κ1) is 11.8. The van der Waals surface area contributed by atoms with Crippen molar-refractivity contribution >= 4 is 5.91 Å². The predicted molar refractivity (Wildman–Crippen MR) is 58.8 cm³/mol. The van der Waals surface area contributed by atoms with Crippen LogP contribution in [0.2, 0.25) is 0 Å². The van der Waals surface area contributed by atoms with Crippen molar-refractivity contribution in [1.29, 1.82) is 0 Å². The summed E-state index contributed by atoms with van der Waals surface area (Å²) in [6, 6.07) is 3.37. The second-order valence-corrected chi connectivity index (χ2v) is 3.26. The van der Waals surface area contributed by atoms with Crippen molar-refractivity contribution in [2.24, 2.45) is 0 Å². The Hall–Kier alpha value is -1.29. The first-order valence-corrected chi connectivity index (χ1v) is 5.32. The average Bonchev–Trinajstić information content (AvgIpc) is 2.77. The van der Waals surface area contributed by atoms with Crippen LogP contribution < -0.4 is 5.32 Å². The molecule has 1 heterocycles. The van der Waals surface area contributed by atoms with Crippen LogP contribution in [-0.4, -0.2) is 37.0 Å². The summed E-state index contributed by atoms with van der Waals surface area (Å²) >= 11 is 0. The fourth-order valence-corrected chi connectivity index (χ4v) is 1.36. The molecule has 0 aliphatic heterocycles. The lowest BCUT2D eigenvalue weighted by atomic mass is 10.4. The average molecular weight is 210 g/mol. The lowest BCUT2D eigenvalue weighted by molar-refractivity contribution is 0.0921. The molecule has 0 unspecified atom stereocenters. The monoisotopic (exact) mass is 210 g/mol. The highest BCUT2D eigenvalue weighted by atomic mass is 16.3. The normalized spacial score (nSPS) is 10.6. The van der Waals surface area contributed by atoms with Crippen molar-refractivity contribution in [2.75, 3.05) is 26.2 Å². The molecule has 0 bridgehead atoms. The Bertz CT molecular complexity index is 279. The minimum atomic E-state index is -0.146. The van der Waals surface area contributed by atoms with Gasteiger partial charge in [0.05, 0.1) is 6.26 Å². The molecular weight excluding hydrogens is 192 g/mol. The number of likely N-dealkylation sites (N-methyl/N-ethyl adjacent to an activating group) is 1. The van der Waals surface area contributed by atoms with Gasteiger partial charge in [-0.2, -0.15) is 0 Å². The van der Waals surface area contributed by atoms with Gasteiger partial charge in [0, 0.05) is 13.1 Å². The molecule has 0 spiro atoms. The maximum absolute atomic E-state index is 11.4. The van der Waals surface area contributed by atoms with E-state index in [0.29, 0.717) is 12.3 Å². The molecule has 1 rings (SSSR count). The van der Waals surface area contributed by atoms with Gasteiger partial charge in [0.25, 0.3) is 5.91 Å². The number of nitrogens with zero attached hydrogens (tertiary/aromatic N) is 1. The summed E-state index contributed by atoms with van der Waals surface area (Å²) in [7, 11) is 0. The summed E-state index contributed by atoms with van der Waals surface area (Å²) in [5.41, 5.74) is 0. The zero-order chi connectivity index (χ0) is 11.1. The zero-order valence-electron chi connectivity index (χ0n) is 9.32. The molecule has 0 radical (unpaired) electrons. The van der Waals surface area contributed by atoms with Crippen LogP contribution in [0, 0.1) is 0 Å². The van der Waals surface area contributed by atoms with E-state index in [0.717, 1.165) is 19.6 Å². The van der Waals surface area contributed by atoms with E-state index in [1.54, 1.807) is 12.1 Å². The quantitative estimate of drug-likeness (QED) is 0.771. The predicted octanol–water partition coefficient (Wildman–Crippen LogP) is 1.35. The zero-order valence-corrected chi connectivity index (χ0v) is 9.32. The van der Waals surface area contributed by atoms with Gasteiger partial charge in [-0.3, -0.25) is 4.79 Å². The summed E-state index contributed by atoms with van der Waals surface area (Å²) in [6.07, 6.45) is 1.50. The molecule has 0 aliphatic rings. The highest BCUT2D eigenvalue weighted by Gasteiger charge is 2.07. The second kappa shape index (κ2) is 6.24. The minimum absolute atomic E-state index is 0.146. The van der Waals surface area contributed by atoms with Crippen molar-refractivity contribution in [3.05, 3.63) is 24.2 Å². The van der Waals surface area contributed by atoms with Gasteiger partial charge in [-0.1, -0.05) is 13.8 Å². The number of hydrogen-bond donors (Lipinski definition) is 1. The number of rotatable bonds is 6. The number of hydrogen-bond acceptors (Lipinski definition) is 3. The number of carbonyl (C=O) groups excluding carboxylic acids is 1. The largest absolute Gasteiger partial charge is 0.459 e. The van der Waals surface area contributed by atoms with E-state index >= 15 is 0 Å². The highest BCUT2D eigenvalue weighted by molar-refractivity contribution is 5.91. The number of nitrogens with one attached hydrogen (secondary N) is 1. The fraction of sp³-hybridized carbons (Fsp3) is 0.545. The van der Waals surface area contributed by atoms with Gasteiger partial charge < -0.3 is 14.6 Å². The molecule has 1 N–H and O–H groups in total. The molecule has 4 nitrogen and oxygen atoms in total. The van der Waals surface area contributed by atoms with E-state index in [9.17, 15) is 4.79 Å². The Kier molecular flexibility index (Phi) is 4.90. The third kappa shape index (κ3) is 3.75. The summed E-state index contributed by atoms with van der Waals surface area (Å²) < 4.78 is 4.98. The molecule has 0 fully saturated rings. The van der Waals surface area contributed by atoms with Crippen LogP contribution in [-0.2, 0) is 0 Å². The number of amides is 1. The number of carbonyl (C=O) groups is 1. The summed E-state index contributed by atoms with van der Waals surface area (Å²) in [6.45, 7) is 7.76. The lowest BCUT2D eigenvalue weighted by Crippen LogP contribution is -2.34. The smallest absolute Gasteiger partial charge is 0.287 e. The van der Waals surface area contributed by atoms with E-state index in [1.807, 2.05) is 0 Å². The molecule has 0 aromatic carbocycles. The molecule has 0 saturated heterocycles. The Morgan fingerprint density at radius 1 is 1.47 bits per heavy atom. The Morgan fingerprint density at radius 3 is 2.73 bits per heavy atom. The third-order valence-corrected chi connectivity index (χ3v) is 2.35. The SMILES string of the molecule is CCN(CC)CCNC(=O)c1ccco1. The van der Waals surface area contributed by atoms with Crippen molar-refractivity contribution < 1.29 is 9.21 Å². The molecule has 0 saturated carbocycles. The van der Waals surface area contributed by atoms with Gasteiger partial charge in [0.15, 0.2) is 5.76 Å². The van der Waals surface area contributed by atoms with Crippen molar-refractivity contribution in [3.63, 3.8) is 0 Å². The standard InChI is InChI=1S/C11H18N2O2/c1-3-13(4-2)8-7-12-11(14)10-6-5-9-15-10/h5-6,9H,3-4,7-8H2,1-2H3,(H,12,14). The Labute approximate surface area is 90.3 Å². The van der Waals surface area contributed by atoms with Crippen LogP contribution in [0.3, 0.4) is 0 Å². The van der Waals surface area contributed by atoms with E-state index in [-0.39, 0.29) is 5.91 Å². The molecule has 4 heteroatoms. The summed E-state index contributed by atoms with van der Waals surface area (Å²) in [5.74, 6) is 0.224. The lowest BCUT2D eigenvalue weighted by Gasteiger charge is -2.17. The molecule has 1 aromatic rings. The van der Waals surface area contributed by atoms with Crippen LogP contribution in [0.1, 0.15) is 24.4 Å². The highest BCUT2D eigenvalue weighted by Crippen LogP contribution is 1.98. The van der Waals surface area contributed by atoms with Gasteiger partial charge >= 0.3 is 0 Å². The van der Waals surface area contributed by atoms with Gasteiger partial charge in [0.2, 0.25) is 0 Å². The minimum Gasteiger partial charge on any atom is -0.459 e. The second-order valence-electron chi connectivity index (χ2n) is 3.26. The molecule has 84 valence electrons. The summed E-state index contributed by atoms with van der Waals surface area (Å²) in [4.78, 5) is 13.7. The maximum Gasteiger partial charge on any atom is 0.287 e. The third-order valence-electron chi connectivity index (χ3n) is 2.35. The van der Waals surface area contributed by atoms with Crippen LogP contribution >= 0.6 is 0 Å². The maximum atomic E-state index is 11.4. The molecular formula is C11H18N2O2. The van der Waals surface area contributed by atoms with Crippen LogP contribution in [0.25, 0.3) is 0 Å². The fourth-order valence-electron chi connectivity index (χ4n) is 1.36.